The number of carbonyl (C=O) groups excluding carboxylic acids is 3. The molecule has 4 rings (SSSR count). The second-order valence-electron chi connectivity index (χ2n) is 8.57. The van der Waals surface area contributed by atoms with E-state index in [1.807, 2.05) is 0 Å². The van der Waals surface area contributed by atoms with Crippen molar-refractivity contribution < 1.29 is 41.4 Å². The summed E-state index contributed by atoms with van der Waals surface area (Å²) in [7, 11) is 0. The van der Waals surface area contributed by atoms with Crippen LogP contribution < -0.4 is 14.8 Å². The maximum atomic E-state index is 13.5. The zero-order chi connectivity index (χ0) is 29.7. The number of thioether (sulfide) groups is 1. The van der Waals surface area contributed by atoms with Gasteiger partial charge in [0, 0.05) is 10.2 Å². The van der Waals surface area contributed by atoms with Gasteiger partial charge in [-0.2, -0.15) is 13.2 Å². The molecule has 1 saturated heterocycles. The standard InChI is InChI=1S/C28H21BrF4N2O5S/c1-2-39-22-10-17(21(29)13-23(22)40-15-16-5-3-7-19(30)9-16)11-24-26(37)35(27(38)41-24)14-25(36)34-20-8-4-6-18(12-20)28(31,32)33/h3-13H,2,14-15H2,1H3,(H,34,36)/b24-11-. The predicted molar refractivity (Wildman–Crippen MR) is 149 cm³/mol. The van der Waals surface area contributed by atoms with Crippen LogP contribution in [0.2, 0.25) is 0 Å². The van der Waals surface area contributed by atoms with Gasteiger partial charge in [0.1, 0.15) is 19.0 Å². The van der Waals surface area contributed by atoms with E-state index in [0.717, 1.165) is 18.2 Å². The molecule has 3 aromatic carbocycles. The number of anilines is 1. The molecule has 0 radical (unpaired) electrons. The first kappa shape index (κ1) is 30.1. The number of imide groups is 1. The van der Waals surface area contributed by atoms with Crippen LogP contribution in [0.4, 0.5) is 28.0 Å². The largest absolute Gasteiger partial charge is 0.490 e. The number of amides is 3. The maximum absolute atomic E-state index is 13.5. The average Bonchev–Trinajstić information content (AvgIpc) is 3.16. The molecule has 1 aliphatic heterocycles. The molecule has 3 aromatic rings. The van der Waals surface area contributed by atoms with Gasteiger partial charge in [0.15, 0.2) is 11.5 Å². The SMILES string of the molecule is CCOc1cc(/C=C2\SC(=O)N(CC(=O)Nc3cccc(C(F)(F)F)c3)C2=O)c(Br)cc1OCc1cccc(F)c1. The summed E-state index contributed by atoms with van der Waals surface area (Å²) in [5.41, 5.74) is 0.00935. The number of hydrogen-bond donors (Lipinski definition) is 1. The van der Waals surface area contributed by atoms with Crippen molar-refractivity contribution in [1.29, 1.82) is 0 Å². The van der Waals surface area contributed by atoms with Crippen LogP contribution in [0.3, 0.4) is 0 Å². The van der Waals surface area contributed by atoms with Crippen LogP contribution >= 0.6 is 27.7 Å². The topological polar surface area (TPSA) is 84.9 Å². The van der Waals surface area contributed by atoms with Crippen molar-refractivity contribution in [2.24, 2.45) is 0 Å². The van der Waals surface area contributed by atoms with Crippen LogP contribution in [0, 0.1) is 5.82 Å². The van der Waals surface area contributed by atoms with Gasteiger partial charge in [0.05, 0.1) is 17.1 Å². The fraction of sp³-hybridized carbons (Fsp3) is 0.179. The van der Waals surface area contributed by atoms with E-state index in [0.29, 0.717) is 50.4 Å². The van der Waals surface area contributed by atoms with Crippen molar-refractivity contribution in [2.75, 3.05) is 18.5 Å². The van der Waals surface area contributed by atoms with Gasteiger partial charge in [0.2, 0.25) is 5.91 Å². The van der Waals surface area contributed by atoms with E-state index in [1.165, 1.54) is 24.3 Å². The second kappa shape index (κ2) is 12.8. The summed E-state index contributed by atoms with van der Waals surface area (Å²) < 4.78 is 64.4. The van der Waals surface area contributed by atoms with Gasteiger partial charge < -0.3 is 14.8 Å². The first-order valence-corrected chi connectivity index (χ1v) is 13.6. The number of carbonyl (C=O) groups is 3. The Kier molecular flexibility index (Phi) is 9.38. The maximum Gasteiger partial charge on any atom is 0.416 e. The van der Waals surface area contributed by atoms with E-state index in [9.17, 15) is 31.9 Å². The van der Waals surface area contributed by atoms with E-state index < -0.39 is 41.2 Å². The lowest BCUT2D eigenvalue weighted by atomic mass is 10.1. The highest BCUT2D eigenvalue weighted by molar-refractivity contribution is 9.10. The van der Waals surface area contributed by atoms with E-state index in [1.54, 1.807) is 31.2 Å². The summed E-state index contributed by atoms with van der Waals surface area (Å²) in [5.74, 6) is -1.27. The molecule has 214 valence electrons. The number of nitrogens with one attached hydrogen (secondary N) is 1. The molecule has 0 bridgehead atoms. The summed E-state index contributed by atoms with van der Waals surface area (Å²) in [6, 6.07) is 13.2. The van der Waals surface area contributed by atoms with Gasteiger partial charge in [-0.3, -0.25) is 19.3 Å². The van der Waals surface area contributed by atoms with Crippen LogP contribution in [0.5, 0.6) is 11.5 Å². The third-order valence-electron chi connectivity index (χ3n) is 5.58. The lowest BCUT2D eigenvalue weighted by Crippen LogP contribution is -2.36. The predicted octanol–water partition coefficient (Wildman–Crippen LogP) is 7.26. The highest BCUT2D eigenvalue weighted by atomic mass is 79.9. The molecule has 41 heavy (non-hydrogen) atoms. The molecular formula is C28H21BrF4N2O5S. The van der Waals surface area contributed by atoms with Crippen molar-refractivity contribution in [1.82, 2.24) is 4.90 Å². The van der Waals surface area contributed by atoms with E-state index in [-0.39, 0.29) is 17.2 Å². The zero-order valence-electron chi connectivity index (χ0n) is 21.3. The molecule has 1 fully saturated rings. The van der Waals surface area contributed by atoms with E-state index in [4.69, 9.17) is 9.47 Å². The molecule has 7 nitrogen and oxygen atoms in total. The molecule has 13 heteroatoms. The normalized spacial score (nSPS) is 14.5. The Balaban J connectivity index is 1.48. The Morgan fingerprint density at radius 1 is 1.05 bits per heavy atom. The molecule has 0 atom stereocenters. The van der Waals surface area contributed by atoms with Crippen molar-refractivity contribution in [3.8, 4) is 11.5 Å². The van der Waals surface area contributed by atoms with Gasteiger partial charge >= 0.3 is 6.18 Å². The summed E-state index contributed by atoms with van der Waals surface area (Å²) in [6.07, 6.45) is -3.15. The van der Waals surface area contributed by atoms with Crippen LogP contribution in [-0.2, 0) is 22.4 Å². The number of nitrogens with zero attached hydrogens (tertiary/aromatic N) is 1. The van der Waals surface area contributed by atoms with Crippen molar-refractivity contribution in [3.63, 3.8) is 0 Å². The van der Waals surface area contributed by atoms with Gasteiger partial charge in [-0.25, -0.2) is 4.39 Å². The minimum absolute atomic E-state index is 0.0263. The molecular weight excluding hydrogens is 632 g/mol. The molecule has 0 unspecified atom stereocenters. The summed E-state index contributed by atoms with van der Waals surface area (Å²) >= 11 is 4.03. The third kappa shape index (κ3) is 7.67. The van der Waals surface area contributed by atoms with Gasteiger partial charge in [-0.1, -0.05) is 34.1 Å². The Morgan fingerprint density at radius 2 is 1.78 bits per heavy atom. The average molecular weight is 653 g/mol. The van der Waals surface area contributed by atoms with Crippen molar-refractivity contribution >= 4 is 56.5 Å². The van der Waals surface area contributed by atoms with Gasteiger partial charge in [-0.15, -0.1) is 0 Å². The van der Waals surface area contributed by atoms with E-state index >= 15 is 0 Å². The molecule has 0 spiro atoms. The number of halogens is 5. The third-order valence-corrected chi connectivity index (χ3v) is 7.18. The quantitative estimate of drug-likeness (QED) is 0.193. The Morgan fingerprint density at radius 3 is 2.49 bits per heavy atom. The Bertz CT molecular complexity index is 1530. The van der Waals surface area contributed by atoms with E-state index in [2.05, 4.69) is 21.2 Å². The number of ether oxygens (including phenoxy) is 2. The smallest absolute Gasteiger partial charge is 0.416 e. The summed E-state index contributed by atoms with van der Waals surface area (Å²) in [5, 5.41) is 1.57. The molecule has 3 amide bonds. The summed E-state index contributed by atoms with van der Waals surface area (Å²) in [4.78, 5) is 38.7. The number of benzene rings is 3. The first-order valence-electron chi connectivity index (χ1n) is 12.0. The monoisotopic (exact) mass is 652 g/mol. The van der Waals surface area contributed by atoms with Crippen LogP contribution in [0.15, 0.2) is 70.0 Å². The lowest BCUT2D eigenvalue weighted by molar-refractivity contribution is -0.137. The fourth-order valence-electron chi connectivity index (χ4n) is 3.73. The lowest BCUT2D eigenvalue weighted by Gasteiger charge is -2.14. The van der Waals surface area contributed by atoms with Crippen molar-refractivity contribution in [3.05, 3.63) is 92.5 Å². The molecule has 0 aromatic heterocycles. The molecule has 1 aliphatic rings. The zero-order valence-corrected chi connectivity index (χ0v) is 23.7. The molecule has 0 saturated carbocycles. The highest BCUT2D eigenvalue weighted by Crippen LogP contribution is 2.38. The highest BCUT2D eigenvalue weighted by Gasteiger charge is 2.37. The Hall–Kier alpha value is -3.84. The van der Waals surface area contributed by atoms with Crippen molar-refractivity contribution in [2.45, 2.75) is 19.7 Å². The summed E-state index contributed by atoms with van der Waals surface area (Å²) in [6.45, 7) is 1.46. The molecule has 1 N–H and O–H groups in total. The number of rotatable bonds is 9. The first-order chi connectivity index (χ1) is 19.4. The Labute approximate surface area is 244 Å². The number of hydrogen-bond acceptors (Lipinski definition) is 6. The number of alkyl halides is 3. The minimum atomic E-state index is -4.60. The minimum Gasteiger partial charge on any atom is -0.490 e. The molecule has 1 heterocycles. The molecule has 0 aliphatic carbocycles. The second-order valence-corrected chi connectivity index (χ2v) is 10.4. The van der Waals surface area contributed by atoms with Gasteiger partial charge in [0.25, 0.3) is 11.1 Å². The van der Waals surface area contributed by atoms with Crippen LogP contribution in [0.1, 0.15) is 23.6 Å². The van der Waals surface area contributed by atoms with Crippen LogP contribution in [0.25, 0.3) is 6.08 Å². The fourth-order valence-corrected chi connectivity index (χ4v) is 4.99. The van der Waals surface area contributed by atoms with Crippen LogP contribution in [-0.4, -0.2) is 35.1 Å². The van der Waals surface area contributed by atoms with Gasteiger partial charge in [-0.05, 0) is 78.4 Å².